The van der Waals surface area contributed by atoms with Gasteiger partial charge >= 0.3 is 0 Å². The van der Waals surface area contributed by atoms with E-state index < -0.39 is 0 Å². The summed E-state index contributed by atoms with van der Waals surface area (Å²) in [6.07, 6.45) is 0. The molecule has 1 heterocycles. The summed E-state index contributed by atoms with van der Waals surface area (Å²) in [6, 6.07) is 85.0. The molecule has 2 heteroatoms. The van der Waals surface area contributed by atoms with Crippen LogP contribution in [0.4, 0.5) is 17.1 Å². The van der Waals surface area contributed by atoms with Crippen molar-refractivity contribution in [1.29, 1.82) is 0 Å². The molecule has 60 heavy (non-hydrogen) atoms. The molecule has 0 unspecified atom stereocenters. The monoisotopic (exact) mass is 765 g/mol. The molecule has 0 spiro atoms. The van der Waals surface area contributed by atoms with Crippen LogP contribution in [0.25, 0.3) is 88.3 Å². The number of benzene rings is 10. The predicted octanol–water partition coefficient (Wildman–Crippen LogP) is 16.5. The number of para-hydroxylation sites is 2. The highest BCUT2D eigenvalue weighted by atomic mass is 16.3. The molecule has 0 saturated carbocycles. The average Bonchev–Trinajstić information content (AvgIpc) is 3.72. The summed E-state index contributed by atoms with van der Waals surface area (Å²) >= 11 is 0. The highest BCUT2D eigenvalue weighted by Gasteiger charge is 2.24. The van der Waals surface area contributed by atoms with Crippen molar-refractivity contribution in [3.05, 3.63) is 237 Å². The fraction of sp³-hybridized carbons (Fsp3) is 0. The molecular formula is C58H39NO. The number of hydrogen-bond donors (Lipinski definition) is 0. The lowest BCUT2D eigenvalue weighted by Gasteiger charge is -2.30. The molecule has 0 aliphatic rings. The molecule has 0 aliphatic carbocycles. The third-order valence-electron chi connectivity index (χ3n) is 11.7. The number of anilines is 3. The summed E-state index contributed by atoms with van der Waals surface area (Å²) in [7, 11) is 0. The first-order valence-corrected chi connectivity index (χ1v) is 20.5. The first-order valence-electron chi connectivity index (χ1n) is 20.5. The minimum absolute atomic E-state index is 0.899. The number of rotatable bonds is 8. The van der Waals surface area contributed by atoms with E-state index in [9.17, 15) is 0 Å². The van der Waals surface area contributed by atoms with Gasteiger partial charge in [-0.15, -0.1) is 0 Å². The van der Waals surface area contributed by atoms with E-state index in [1.807, 2.05) is 12.1 Å². The van der Waals surface area contributed by atoms with Crippen LogP contribution in [0.15, 0.2) is 241 Å². The van der Waals surface area contributed by atoms with Crippen molar-refractivity contribution in [3.63, 3.8) is 0 Å². The van der Waals surface area contributed by atoms with E-state index in [2.05, 4.69) is 229 Å². The van der Waals surface area contributed by atoms with E-state index in [1.165, 1.54) is 49.7 Å². The van der Waals surface area contributed by atoms with Gasteiger partial charge < -0.3 is 9.32 Å². The van der Waals surface area contributed by atoms with Gasteiger partial charge in [0.05, 0.1) is 5.69 Å². The molecule has 10 aromatic carbocycles. The summed E-state index contributed by atoms with van der Waals surface area (Å²) in [5.41, 5.74) is 16.6. The van der Waals surface area contributed by atoms with E-state index >= 15 is 0 Å². The molecule has 0 atom stereocenters. The van der Waals surface area contributed by atoms with Crippen LogP contribution in [0.5, 0.6) is 0 Å². The third kappa shape index (κ3) is 6.23. The summed E-state index contributed by atoms with van der Waals surface area (Å²) in [6.45, 7) is 0. The van der Waals surface area contributed by atoms with Crippen LogP contribution < -0.4 is 4.90 Å². The number of hydrogen-bond acceptors (Lipinski definition) is 2. The molecule has 0 saturated heterocycles. The van der Waals surface area contributed by atoms with E-state index in [1.54, 1.807) is 0 Å². The highest BCUT2D eigenvalue weighted by Crippen LogP contribution is 2.49. The second-order valence-electron chi connectivity index (χ2n) is 15.2. The minimum atomic E-state index is 0.899. The van der Waals surface area contributed by atoms with E-state index in [0.717, 1.165) is 55.7 Å². The van der Waals surface area contributed by atoms with Crippen LogP contribution in [0, 0.1) is 0 Å². The lowest BCUT2D eigenvalue weighted by molar-refractivity contribution is 0.670. The standard InChI is InChI=1S/C58H39NO/c1-3-16-40(17-4-1)41-32-36-45(37-33-41)59(46-38-34-44(35-39-46)49-26-14-29-54-51-24-11-12-31-56(51)60-58(49)54)55-30-15-28-53(50-27-13-21-43-20-7-8-22-47(43)50)57(55)52-25-10-9-23-48(52)42-18-5-2-6-19-42/h1-39H. The van der Waals surface area contributed by atoms with Crippen molar-refractivity contribution in [2.24, 2.45) is 0 Å². The topological polar surface area (TPSA) is 16.4 Å². The number of furan rings is 1. The van der Waals surface area contributed by atoms with Gasteiger partial charge in [0.25, 0.3) is 0 Å². The first-order chi connectivity index (χ1) is 29.8. The van der Waals surface area contributed by atoms with Crippen LogP contribution in [0.3, 0.4) is 0 Å². The maximum Gasteiger partial charge on any atom is 0.143 e. The Bertz CT molecular complexity index is 3290. The Morgan fingerprint density at radius 2 is 0.767 bits per heavy atom. The first kappa shape index (κ1) is 35.2. The van der Waals surface area contributed by atoms with Crippen molar-refractivity contribution in [1.82, 2.24) is 0 Å². The highest BCUT2D eigenvalue weighted by molar-refractivity contribution is 6.10. The van der Waals surface area contributed by atoms with Gasteiger partial charge in [-0.05, 0) is 91.7 Å². The zero-order valence-corrected chi connectivity index (χ0v) is 32.9. The fourth-order valence-corrected chi connectivity index (χ4v) is 8.89. The molecule has 0 N–H and O–H groups in total. The van der Waals surface area contributed by atoms with Gasteiger partial charge in [-0.1, -0.05) is 200 Å². The molecule has 11 aromatic rings. The van der Waals surface area contributed by atoms with E-state index in [4.69, 9.17) is 4.42 Å². The summed E-state index contributed by atoms with van der Waals surface area (Å²) in [5.74, 6) is 0. The second kappa shape index (κ2) is 15.1. The lowest BCUT2D eigenvalue weighted by Crippen LogP contribution is -2.12. The van der Waals surface area contributed by atoms with Crippen molar-refractivity contribution >= 4 is 49.8 Å². The quantitative estimate of drug-likeness (QED) is 0.153. The van der Waals surface area contributed by atoms with Gasteiger partial charge in [0.2, 0.25) is 0 Å². The normalized spacial score (nSPS) is 11.3. The zero-order valence-electron chi connectivity index (χ0n) is 32.9. The second-order valence-corrected chi connectivity index (χ2v) is 15.2. The van der Waals surface area contributed by atoms with Crippen molar-refractivity contribution < 1.29 is 4.42 Å². The average molecular weight is 766 g/mol. The van der Waals surface area contributed by atoms with Gasteiger partial charge in [-0.3, -0.25) is 0 Å². The summed E-state index contributed by atoms with van der Waals surface area (Å²) in [4.78, 5) is 2.42. The Kier molecular flexibility index (Phi) is 8.87. The Morgan fingerprint density at radius 1 is 0.283 bits per heavy atom. The van der Waals surface area contributed by atoms with Crippen LogP contribution in [-0.2, 0) is 0 Å². The largest absolute Gasteiger partial charge is 0.455 e. The van der Waals surface area contributed by atoms with Crippen LogP contribution in [-0.4, -0.2) is 0 Å². The zero-order chi connectivity index (χ0) is 39.8. The maximum absolute atomic E-state index is 6.49. The fourth-order valence-electron chi connectivity index (χ4n) is 8.89. The molecule has 0 aliphatic heterocycles. The minimum Gasteiger partial charge on any atom is -0.455 e. The SMILES string of the molecule is c1ccc(-c2ccc(N(c3ccc(-c4cccc5c4oc4ccccc45)cc3)c3cccc(-c4cccc5ccccc45)c3-c3ccccc3-c3ccccc3)cc2)cc1. The van der Waals surface area contributed by atoms with Crippen molar-refractivity contribution in [2.45, 2.75) is 0 Å². The molecule has 1 aromatic heterocycles. The molecule has 0 fully saturated rings. The van der Waals surface area contributed by atoms with Gasteiger partial charge in [0.15, 0.2) is 0 Å². The molecule has 2 nitrogen and oxygen atoms in total. The van der Waals surface area contributed by atoms with Crippen LogP contribution in [0.2, 0.25) is 0 Å². The molecule has 11 rings (SSSR count). The number of nitrogens with zero attached hydrogens (tertiary/aromatic N) is 1. The Labute approximate surface area is 349 Å². The lowest BCUT2D eigenvalue weighted by atomic mass is 9.86. The molecule has 282 valence electrons. The molecule has 0 bridgehead atoms. The Balaban J connectivity index is 1.15. The predicted molar refractivity (Wildman–Crippen MR) is 253 cm³/mol. The van der Waals surface area contributed by atoms with Crippen molar-refractivity contribution in [2.75, 3.05) is 4.90 Å². The van der Waals surface area contributed by atoms with E-state index in [-0.39, 0.29) is 0 Å². The summed E-state index contributed by atoms with van der Waals surface area (Å²) < 4.78 is 6.49. The Hall–Kier alpha value is -7.94. The van der Waals surface area contributed by atoms with Crippen LogP contribution in [0.1, 0.15) is 0 Å². The maximum atomic E-state index is 6.49. The number of fused-ring (bicyclic) bond motifs is 4. The van der Waals surface area contributed by atoms with Gasteiger partial charge in [0, 0.05) is 33.3 Å². The van der Waals surface area contributed by atoms with Crippen LogP contribution >= 0.6 is 0 Å². The van der Waals surface area contributed by atoms with E-state index in [0.29, 0.717) is 0 Å². The van der Waals surface area contributed by atoms with Gasteiger partial charge in [-0.25, -0.2) is 0 Å². The van der Waals surface area contributed by atoms with Gasteiger partial charge in [0.1, 0.15) is 11.2 Å². The van der Waals surface area contributed by atoms with Gasteiger partial charge in [-0.2, -0.15) is 0 Å². The third-order valence-corrected chi connectivity index (χ3v) is 11.7. The molecular weight excluding hydrogens is 727 g/mol. The van der Waals surface area contributed by atoms with Crippen molar-refractivity contribution in [3.8, 4) is 55.6 Å². The smallest absolute Gasteiger partial charge is 0.143 e. The molecule has 0 amide bonds. The Morgan fingerprint density at radius 3 is 1.53 bits per heavy atom. The molecule has 0 radical (unpaired) electrons. The summed E-state index contributed by atoms with van der Waals surface area (Å²) in [5, 5.41) is 4.69.